The van der Waals surface area contributed by atoms with E-state index in [1.54, 1.807) is 6.07 Å². The average Bonchev–Trinajstić information content (AvgIpc) is 3.60. The molecule has 0 aliphatic heterocycles. The van der Waals surface area contributed by atoms with Crippen molar-refractivity contribution in [3.05, 3.63) is 59.7 Å². The molecule has 1 saturated carbocycles. The number of methoxy groups -OCH3 is 3. The van der Waals surface area contributed by atoms with E-state index in [1.807, 2.05) is 30.3 Å². The van der Waals surface area contributed by atoms with Crippen LogP contribution in [0, 0.1) is 5.92 Å². The average molecular weight is 432 g/mol. The monoisotopic (exact) mass is 431 g/mol. The SMILES string of the molecule is COC(=O)/C=C/c1cc(OC)c(OC)c(S(=O)(=O)NC(c2ccccc2)C2CC2)c1. The molecule has 2 aromatic rings. The number of esters is 1. The van der Waals surface area contributed by atoms with Crippen LogP contribution in [0.4, 0.5) is 0 Å². The Bertz CT molecular complexity index is 1030. The maximum atomic E-state index is 13.4. The number of carbonyl (C=O) groups excluding carboxylic acids is 1. The van der Waals surface area contributed by atoms with Gasteiger partial charge >= 0.3 is 5.97 Å². The second kappa shape index (κ2) is 9.32. The van der Waals surface area contributed by atoms with E-state index in [-0.39, 0.29) is 28.4 Å². The quantitative estimate of drug-likeness (QED) is 0.484. The Morgan fingerprint density at radius 1 is 1.10 bits per heavy atom. The Kier molecular flexibility index (Phi) is 6.79. The summed E-state index contributed by atoms with van der Waals surface area (Å²) in [7, 11) is 0.115. The van der Waals surface area contributed by atoms with Crippen LogP contribution in [0.15, 0.2) is 53.4 Å². The fourth-order valence-electron chi connectivity index (χ4n) is 3.23. The van der Waals surface area contributed by atoms with Gasteiger partial charge in [0.15, 0.2) is 11.5 Å². The van der Waals surface area contributed by atoms with Crippen LogP contribution in [-0.4, -0.2) is 35.7 Å². The van der Waals surface area contributed by atoms with Crippen molar-refractivity contribution in [2.45, 2.75) is 23.8 Å². The smallest absolute Gasteiger partial charge is 0.330 e. The summed E-state index contributed by atoms with van der Waals surface area (Å²) in [5.41, 5.74) is 1.37. The molecule has 0 saturated heterocycles. The molecule has 0 spiro atoms. The minimum absolute atomic E-state index is 0.0598. The summed E-state index contributed by atoms with van der Waals surface area (Å²) in [6.07, 6.45) is 4.60. The normalized spacial score (nSPS) is 15.0. The van der Waals surface area contributed by atoms with Gasteiger partial charge in [0, 0.05) is 12.1 Å². The van der Waals surface area contributed by atoms with Crippen LogP contribution < -0.4 is 14.2 Å². The molecule has 160 valence electrons. The molecule has 8 heteroatoms. The lowest BCUT2D eigenvalue weighted by Crippen LogP contribution is -2.30. The molecule has 1 N–H and O–H groups in total. The molecule has 3 rings (SSSR count). The number of carbonyl (C=O) groups is 1. The Balaban J connectivity index is 2.02. The van der Waals surface area contributed by atoms with Gasteiger partial charge in [0.25, 0.3) is 0 Å². The summed E-state index contributed by atoms with van der Waals surface area (Å²) in [5, 5.41) is 0. The topological polar surface area (TPSA) is 90.9 Å². The number of rotatable bonds is 9. The zero-order valence-corrected chi connectivity index (χ0v) is 17.9. The number of hydrogen-bond donors (Lipinski definition) is 1. The van der Waals surface area contributed by atoms with Crippen LogP contribution in [-0.2, 0) is 19.6 Å². The maximum Gasteiger partial charge on any atom is 0.330 e. The van der Waals surface area contributed by atoms with E-state index in [4.69, 9.17) is 9.47 Å². The molecule has 0 radical (unpaired) electrons. The zero-order valence-electron chi connectivity index (χ0n) is 17.1. The van der Waals surface area contributed by atoms with Crippen molar-refractivity contribution in [2.24, 2.45) is 5.92 Å². The van der Waals surface area contributed by atoms with Gasteiger partial charge in [-0.2, -0.15) is 0 Å². The number of hydrogen-bond acceptors (Lipinski definition) is 6. The highest BCUT2D eigenvalue weighted by atomic mass is 32.2. The Morgan fingerprint density at radius 2 is 1.80 bits per heavy atom. The molecule has 1 aliphatic carbocycles. The first kappa shape index (κ1) is 21.9. The summed E-state index contributed by atoms with van der Waals surface area (Å²) in [6.45, 7) is 0. The van der Waals surface area contributed by atoms with E-state index in [0.29, 0.717) is 5.56 Å². The molecule has 1 unspecified atom stereocenters. The third-order valence-electron chi connectivity index (χ3n) is 4.90. The van der Waals surface area contributed by atoms with Crippen LogP contribution in [0.1, 0.15) is 30.0 Å². The number of nitrogens with one attached hydrogen (secondary N) is 1. The zero-order chi connectivity index (χ0) is 21.7. The van der Waals surface area contributed by atoms with E-state index in [0.717, 1.165) is 18.4 Å². The Hall–Kier alpha value is -2.84. The van der Waals surface area contributed by atoms with Crippen LogP contribution in [0.5, 0.6) is 11.5 Å². The van der Waals surface area contributed by atoms with Crippen LogP contribution >= 0.6 is 0 Å². The molecule has 7 nitrogen and oxygen atoms in total. The molecular weight excluding hydrogens is 406 g/mol. The van der Waals surface area contributed by atoms with Gasteiger partial charge in [-0.15, -0.1) is 0 Å². The van der Waals surface area contributed by atoms with E-state index >= 15 is 0 Å². The van der Waals surface area contributed by atoms with Crippen molar-refractivity contribution in [3.8, 4) is 11.5 Å². The second-order valence-electron chi connectivity index (χ2n) is 6.96. The molecule has 1 atom stereocenters. The lowest BCUT2D eigenvalue weighted by atomic mass is 10.0. The summed E-state index contributed by atoms with van der Waals surface area (Å²) < 4.78 is 44.9. The Labute approximate surface area is 176 Å². The maximum absolute atomic E-state index is 13.4. The number of ether oxygens (including phenoxy) is 3. The van der Waals surface area contributed by atoms with Crippen molar-refractivity contribution < 1.29 is 27.4 Å². The summed E-state index contributed by atoms with van der Waals surface area (Å²) in [4.78, 5) is 11.4. The van der Waals surface area contributed by atoms with E-state index in [9.17, 15) is 13.2 Å². The Morgan fingerprint density at radius 3 is 2.37 bits per heavy atom. The first-order chi connectivity index (χ1) is 14.4. The van der Waals surface area contributed by atoms with E-state index in [1.165, 1.54) is 39.5 Å². The van der Waals surface area contributed by atoms with E-state index in [2.05, 4.69) is 9.46 Å². The third-order valence-corrected chi connectivity index (χ3v) is 6.35. The molecule has 1 aliphatic rings. The standard InChI is InChI=1S/C22H25NO6S/c1-27-18-13-15(9-12-20(24)28-2)14-19(22(18)29-3)30(25,26)23-21(17-10-11-17)16-7-5-4-6-8-16/h4-9,12-14,17,21,23H,10-11H2,1-3H3/b12-9+. The largest absolute Gasteiger partial charge is 0.493 e. The molecule has 2 aromatic carbocycles. The van der Waals surface area contributed by atoms with Crippen molar-refractivity contribution in [1.82, 2.24) is 4.72 Å². The summed E-state index contributed by atoms with van der Waals surface area (Å²) in [5.74, 6) is 0.0399. The molecule has 0 amide bonds. The van der Waals surface area contributed by atoms with Gasteiger partial charge in [-0.3, -0.25) is 0 Å². The van der Waals surface area contributed by atoms with Gasteiger partial charge in [-0.1, -0.05) is 30.3 Å². The van der Waals surface area contributed by atoms with Crippen molar-refractivity contribution >= 4 is 22.1 Å². The van der Waals surface area contributed by atoms with Gasteiger partial charge in [0.05, 0.1) is 21.3 Å². The van der Waals surface area contributed by atoms with Crippen LogP contribution in [0.2, 0.25) is 0 Å². The highest BCUT2D eigenvalue weighted by Crippen LogP contribution is 2.43. The summed E-state index contributed by atoms with van der Waals surface area (Å²) in [6, 6.07) is 12.2. The number of sulfonamides is 1. The molecule has 0 bridgehead atoms. The predicted molar refractivity (Wildman–Crippen MR) is 113 cm³/mol. The van der Waals surface area contributed by atoms with Crippen molar-refractivity contribution in [1.29, 1.82) is 0 Å². The molecule has 0 aromatic heterocycles. The first-order valence-electron chi connectivity index (χ1n) is 9.49. The van der Waals surface area contributed by atoms with Crippen LogP contribution in [0.25, 0.3) is 6.08 Å². The highest BCUT2D eigenvalue weighted by molar-refractivity contribution is 7.89. The van der Waals surface area contributed by atoms with Crippen molar-refractivity contribution in [3.63, 3.8) is 0 Å². The fourth-order valence-corrected chi connectivity index (χ4v) is 4.74. The molecule has 30 heavy (non-hydrogen) atoms. The predicted octanol–water partition coefficient (Wildman–Crippen LogP) is 3.32. The van der Waals surface area contributed by atoms with E-state index < -0.39 is 16.0 Å². The third kappa shape index (κ3) is 5.01. The minimum Gasteiger partial charge on any atom is -0.493 e. The molecular formula is C22H25NO6S. The van der Waals surface area contributed by atoms with Gasteiger partial charge in [-0.05, 0) is 48.1 Å². The van der Waals surface area contributed by atoms with Gasteiger partial charge in [-0.25, -0.2) is 17.9 Å². The fraction of sp³-hybridized carbons (Fsp3) is 0.318. The molecule has 1 fully saturated rings. The summed E-state index contributed by atoms with van der Waals surface area (Å²) >= 11 is 0. The van der Waals surface area contributed by atoms with Gasteiger partial charge < -0.3 is 14.2 Å². The molecule has 0 heterocycles. The van der Waals surface area contributed by atoms with Crippen molar-refractivity contribution in [2.75, 3.05) is 21.3 Å². The second-order valence-corrected chi connectivity index (χ2v) is 8.64. The number of benzene rings is 2. The first-order valence-corrected chi connectivity index (χ1v) is 11.0. The highest BCUT2D eigenvalue weighted by Gasteiger charge is 2.36. The minimum atomic E-state index is -3.96. The van der Waals surface area contributed by atoms with Gasteiger partial charge in [0.1, 0.15) is 4.90 Å². The van der Waals surface area contributed by atoms with Crippen LogP contribution in [0.3, 0.4) is 0 Å². The lowest BCUT2D eigenvalue weighted by Gasteiger charge is -2.21. The lowest BCUT2D eigenvalue weighted by molar-refractivity contribution is -0.134. The van der Waals surface area contributed by atoms with Gasteiger partial charge in [0.2, 0.25) is 10.0 Å².